The number of fused-ring (bicyclic) bond motifs is 1. The Morgan fingerprint density at radius 2 is 1.90 bits per heavy atom. The van der Waals surface area contributed by atoms with Gasteiger partial charge in [-0.2, -0.15) is 5.10 Å². The monoisotopic (exact) mass is 417 g/mol. The van der Waals surface area contributed by atoms with E-state index in [0.717, 1.165) is 103 Å². The van der Waals surface area contributed by atoms with E-state index >= 15 is 0 Å². The highest BCUT2D eigenvalue weighted by atomic mass is 16.5. The maximum Gasteiger partial charge on any atom is 0.274 e. The van der Waals surface area contributed by atoms with Crippen LogP contribution in [0.5, 0.6) is 0 Å². The van der Waals surface area contributed by atoms with Gasteiger partial charge in [-0.05, 0) is 58.5 Å². The zero-order valence-corrected chi connectivity index (χ0v) is 18.7. The Labute approximate surface area is 181 Å². The van der Waals surface area contributed by atoms with Crippen molar-refractivity contribution in [1.82, 2.24) is 24.9 Å². The molecule has 1 atom stereocenters. The first kappa shape index (κ1) is 21.8. The molecule has 7 nitrogen and oxygen atoms in total. The molecule has 1 amide bonds. The summed E-state index contributed by atoms with van der Waals surface area (Å²) in [5.74, 6) is 0.160. The second kappa shape index (κ2) is 10.7. The van der Waals surface area contributed by atoms with Crippen LogP contribution in [0.1, 0.15) is 67.2 Å². The van der Waals surface area contributed by atoms with Crippen molar-refractivity contribution in [3.63, 3.8) is 0 Å². The lowest BCUT2D eigenvalue weighted by molar-refractivity contribution is 0.0373. The Bertz CT molecular complexity index is 690. The zero-order chi connectivity index (χ0) is 20.8. The van der Waals surface area contributed by atoms with E-state index < -0.39 is 0 Å². The van der Waals surface area contributed by atoms with Gasteiger partial charge in [-0.25, -0.2) is 0 Å². The maximum atomic E-state index is 13.3. The van der Waals surface area contributed by atoms with Crippen molar-refractivity contribution in [3.8, 4) is 0 Å². The van der Waals surface area contributed by atoms with Gasteiger partial charge in [0.1, 0.15) is 0 Å². The first-order valence-corrected chi connectivity index (χ1v) is 12.2. The van der Waals surface area contributed by atoms with Crippen molar-refractivity contribution in [2.75, 3.05) is 52.5 Å². The summed E-state index contributed by atoms with van der Waals surface area (Å²) in [6, 6.07) is 0.451. The van der Waals surface area contributed by atoms with Gasteiger partial charge in [0.05, 0.1) is 13.2 Å². The van der Waals surface area contributed by atoms with Gasteiger partial charge in [-0.3, -0.25) is 14.4 Å². The van der Waals surface area contributed by atoms with Crippen LogP contribution in [0.25, 0.3) is 0 Å². The molecule has 0 spiro atoms. The number of likely N-dealkylation sites (tertiary alicyclic amines) is 1. The number of rotatable bonds is 7. The molecule has 30 heavy (non-hydrogen) atoms. The molecule has 0 bridgehead atoms. The van der Waals surface area contributed by atoms with Gasteiger partial charge in [0.25, 0.3) is 5.91 Å². The van der Waals surface area contributed by atoms with Crippen molar-refractivity contribution >= 4 is 5.91 Å². The molecule has 7 heteroatoms. The number of nitrogens with one attached hydrogen (secondary N) is 1. The van der Waals surface area contributed by atoms with Crippen LogP contribution in [0.4, 0.5) is 0 Å². The van der Waals surface area contributed by atoms with Gasteiger partial charge >= 0.3 is 0 Å². The molecule has 3 aliphatic rings. The molecular formula is C23H39N5O2. The summed E-state index contributed by atoms with van der Waals surface area (Å²) >= 11 is 0. The molecule has 0 aromatic carbocycles. The van der Waals surface area contributed by atoms with Crippen LogP contribution in [-0.4, -0.2) is 84.0 Å². The van der Waals surface area contributed by atoms with E-state index in [1.807, 2.05) is 0 Å². The molecule has 2 saturated heterocycles. The van der Waals surface area contributed by atoms with Crippen molar-refractivity contribution in [1.29, 1.82) is 0 Å². The predicted octanol–water partition coefficient (Wildman–Crippen LogP) is 2.09. The van der Waals surface area contributed by atoms with E-state index in [1.165, 1.54) is 24.1 Å². The lowest BCUT2D eigenvalue weighted by Gasteiger charge is -2.28. The number of morpholine rings is 1. The van der Waals surface area contributed by atoms with Gasteiger partial charge in [-0.15, -0.1) is 0 Å². The van der Waals surface area contributed by atoms with Crippen LogP contribution < -0.4 is 5.32 Å². The second-order valence-electron chi connectivity index (χ2n) is 9.00. The van der Waals surface area contributed by atoms with E-state index in [1.54, 1.807) is 0 Å². The molecule has 1 aromatic rings. The SMILES string of the molecule is CCn1nc(C(=O)N2CCCCCC2)c2c1CC[C@H](NCCCN1CCOCC1)C2. The average molecular weight is 418 g/mol. The number of carbonyl (C=O) groups excluding carboxylic acids is 1. The Morgan fingerprint density at radius 3 is 2.63 bits per heavy atom. The Hall–Kier alpha value is -1.44. The smallest absolute Gasteiger partial charge is 0.274 e. The third kappa shape index (κ3) is 5.24. The van der Waals surface area contributed by atoms with Gasteiger partial charge in [0.2, 0.25) is 0 Å². The van der Waals surface area contributed by atoms with Gasteiger partial charge < -0.3 is 15.0 Å². The molecule has 0 radical (unpaired) electrons. The minimum absolute atomic E-state index is 0.160. The van der Waals surface area contributed by atoms with Crippen LogP contribution in [0, 0.1) is 0 Å². The quantitative estimate of drug-likeness (QED) is 0.689. The number of ether oxygens (including phenoxy) is 1. The summed E-state index contributed by atoms with van der Waals surface area (Å²) in [4.78, 5) is 17.9. The first-order valence-electron chi connectivity index (χ1n) is 12.2. The molecule has 0 saturated carbocycles. The van der Waals surface area contributed by atoms with Crippen molar-refractivity contribution in [2.24, 2.45) is 0 Å². The number of aromatic nitrogens is 2. The predicted molar refractivity (Wildman–Crippen MR) is 118 cm³/mol. The Kier molecular flexibility index (Phi) is 7.79. The number of aryl methyl sites for hydroxylation is 1. The van der Waals surface area contributed by atoms with E-state index in [9.17, 15) is 4.79 Å². The number of hydrogen-bond donors (Lipinski definition) is 1. The van der Waals surface area contributed by atoms with E-state index in [0.29, 0.717) is 6.04 Å². The third-order valence-electron chi connectivity index (χ3n) is 6.93. The summed E-state index contributed by atoms with van der Waals surface area (Å²) in [6.45, 7) is 10.8. The van der Waals surface area contributed by atoms with Gasteiger partial charge in [0.15, 0.2) is 5.69 Å². The molecule has 3 heterocycles. The standard InChI is InChI=1S/C23H39N5O2/c1-2-28-21-9-8-19(24-10-7-11-26-14-16-30-17-15-26)18-20(21)22(25-28)23(29)27-12-5-3-4-6-13-27/h19,24H,2-18H2,1H3/t19-/m0/s1. The fourth-order valence-electron chi connectivity index (χ4n) is 5.15. The minimum Gasteiger partial charge on any atom is -0.379 e. The fraction of sp³-hybridized carbons (Fsp3) is 0.826. The second-order valence-corrected chi connectivity index (χ2v) is 9.00. The number of carbonyl (C=O) groups is 1. The molecule has 1 aromatic heterocycles. The number of nitrogens with zero attached hydrogens (tertiary/aromatic N) is 4. The molecule has 0 unspecified atom stereocenters. The Balaban J connectivity index is 1.35. The maximum absolute atomic E-state index is 13.3. The van der Waals surface area contributed by atoms with Gasteiger partial charge in [-0.1, -0.05) is 12.8 Å². The summed E-state index contributed by atoms with van der Waals surface area (Å²) in [5, 5.41) is 8.55. The molecular weight excluding hydrogens is 378 g/mol. The van der Waals surface area contributed by atoms with Crippen molar-refractivity contribution in [2.45, 2.75) is 70.9 Å². The van der Waals surface area contributed by atoms with Crippen molar-refractivity contribution < 1.29 is 9.53 Å². The first-order chi connectivity index (χ1) is 14.8. The topological polar surface area (TPSA) is 62.6 Å². The molecule has 4 rings (SSSR count). The summed E-state index contributed by atoms with van der Waals surface area (Å²) in [5.41, 5.74) is 3.23. The highest BCUT2D eigenvalue weighted by molar-refractivity contribution is 5.94. The molecule has 2 fully saturated rings. The lowest BCUT2D eigenvalue weighted by Crippen LogP contribution is -2.40. The third-order valence-corrected chi connectivity index (χ3v) is 6.93. The van der Waals surface area contributed by atoms with Gasteiger partial charge in [0, 0.05) is 50.0 Å². The van der Waals surface area contributed by atoms with Crippen LogP contribution >= 0.6 is 0 Å². The molecule has 2 aliphatic heterocycles. The lowest BCUT2D eigenvalue weighted by atomic mass is 9.91. The molecule has 1 N–H and O–H groups in total. The van der Waals surface area contributed by atoms with Crippen LogP contribution in [0.3, 0.4) is 0 Å². The van der Waals surface area contributed by atoms with Crippen LogP contribution in [0.15, 0.2) is 0 Å². The zero-order valence-electron chi connectivity index (χ0n) is 18.7. The molecule has 1 aliphatic carbocycles. The highest BCUT2D eigenvalue weighted by Gasteiger charge is 2.31. The number of hydrogen-bond acceptors (Lipinski definition) is 5. The van der Waals surface area contributed by atoms with Crippen LogP contribution in [-0.2, 0) is 24.1 Å². The van der Waals surface area contributed by atoms with Crippen LogP contribution in [0.2, 0.25) is 0 Å². The van der Waals surface area contributed by atoms with E-state index in [4.69, 9.17) is 9.84 Å². The largest absolute Gasteiger partial charge is 0.379 e. The number of amides is 1. The normalized spacial score (nSPS) is 23.2. The fourth-order valence-corrected chi connectivity index (χ4v) is 5.15. The summed E-state index contributed by atoms with van der Waals surface area (Å²) in [6.07, 6.45) is 8.96. The summed E-state index contributed by atoms with van der Waals surface area (Å²) < 4.78 is 7.51. The molecule has 168 valence electrons. The average Bonchev–Trinajstić information content (AvgIpc) is 2.95. The van der Waals surface area contributed by atoms with Crippen molar-refractivity contribution in [3.05, 3.63) is 17.0 Å². The highest BCUT2D eigenvalue weighted by Crippen LogP contribution is 2.26. The van der Waals surface area contributed by atoms with E-state index in [2.05, 4.69) is 26.7 Å². The van der Waals surface area contributed by atoms with E-state index in [-0.39, 0.29) is 5.91 Å². The minimum atomic E-state index is 0.160. The Morgan fingerprint density at radius 1 is 1.13 bits per heavy atom. The summed E-state index contributed by atoms with van der Waals surface area (Å²) in [7, 11) is 0.